The van der Waals surface area contributed by atoms with Crippen molar-refractivity contribution in [3.63, 3.8) is 0 Å². The molecule has 0 saturated heterocycles. The number of hydrogen-bond donors (Lipinski definition) is 2. The van der Waals surface area contributed by atoms with Crippen molar-refractivity contribution in [1.29, 1.82) is 5.26 Å². The average molecular weight is 341 g/mol. The van der Waals surface area contributed by atoms with Gasteiger partial charge in [-0.25, -0.2) is 14.8 Å². The number of aromatic nitrogens is 3. The van der Waals surface area contributed by atoms with Gasteiger partial charge in [-0.3, -0.25) is 4.57 Å². The predicted molar refractivity (Wildman–Crippen MR) is 88.6 cm³/mol. The van der Waals surface area contributed by atoms with Gasteiger partial charge in [0.15, 0.2) is 0 Å². The van der Waals surface area contributed by atoms with Crippen LogP contribution in [0.25, 0.3) is 5.82 Å². The highest BCUT2D eigenvalue weighted by atomic mass is 16.5. The van der Waals surface area contributed by atoms with Gasteiger partial charge in [-0.2, -0.15) is 5.26 Å². The van der Waals surface area contributed by atoms with Gasteiger partial charge < -0.3 is 15.2 Å². The maximum atomic E-state index is 10.5. The minimum absolute atomic E-state index is 0.209. The van der Waals surface area contributed by atoms with E-state index in [-0.39, 0.29) is 5.92 Å². The van der Waals surface area contributed by atoms with E-state index in [9.17, 15) is 10.1 Å². The summed E-state index contributed by atoms with van der Waals surface area (Å²) in [5.41, 5.74) is 0.171. The Kier molecular flexibility index (Phi) is 4.57. The summed E-state index contributed by atoms with van der Waals surface area (Å²) < 4.78 is 6.88. The Morgan fingerprint density at radius 2 is 2.40 bits per heavy atom. The summed E-state index contributed by atoms with van der Waals surface area (Å²) in [6, 6.07) is 6.04. The van der Waals surface area contributed by atoms with Gasteiger partial charge in [-0.1, -0.05) is 0 Å². The van der Waals surface area contributed by atoms with Crippen LogP contribution in [-0.4, -0.2) is 39.4 Å². The predicted octanol–water partition coefficient (Wildman–Crippen LogP) is 2.10. The molecule has 0 aliphatic heterocycles. The van der Waals surface area contributed by atoms with E-state index >= 15 is 0 Å². The van der Waals surface area contributed by atoms with Gasteiger partial charge in [0.05, 0.1) is 25.1 Å². The van der Waals surface area contributed by atoms with Gasteiger partial charge in [0.1, 0.15) is 23.3 Å². The average Bonchev–Trinajstić information content (AvgIpc) is 3.12. The summed E-state index contributed by atoms with van der Waals surface area (Å²) in [6.45, 7) is 0.400. The molecule has 0 bridgehead atoms. The molecule has 25 heavy (non-hydrogen) atoms. The van der Waals surface area contributed by atoms with Crippen molar-refractivity contribution in [2.45, 2.75) is 24.7 Å². The zero-order valence-corrected chi connectivity index (χ0v) is 13.8. The third kappa shape index (κ3) is 3.40. The molecule has 1 amide bonds. The number of methoxy groups -OCH3 is 1. The van der Waals surface area contributed by atoms with Crippen LogP contribution in [0.15, 0.2) is 30.9 Å². The zero-order chi connectivity index (χ0) is 17.9. The van der Waals surface area contributed by atoms with Crippen molar-refractivity contribution in [3.05, 3.63) is 36.5 Å². The molecule has 2 heterocycles. The van der Waals surface area contributed by atoms with Crippen LogP contribution in [0, 0.1) is 17.2 Å². The number of nitrogens with zero attached hydrogens (tertiary/aromatic N) is 4. The molecule has 3 rings (SSSR count). The van der Waals surface area contributed by atoms with Gasteiger partial charge in [-0.05, 0) is 37.3 Å². The molecule has 1 aliphatic rings. The van der Waals surface area contributed by atoms with Gasteiger partial charge in [0, 0.05) is 12.7 Å². The molecular formula is C17H19N5O3. The number of nitriles is 1. The minimum Gasteiger partial charge on any atom is -0.495 e. The lowest BCUT2D eigenvalue weighted by atomic mass is 9.99. The number of nitrogens with one attached hydrogen (secondary N) is 1. The van der Waals surface area contributed by atoms with E-state index in [2.05, 4.69) is 21.4 Å². The number of imidazole rings is 1. The second-order valence-electron chi connectivity index (χ2n) is 6.08. The van der Waals surface area contributed by atoms with Crippen molar-refractivity contribution < 1.29 is 14.6 Å². The van der Waals surface area contributed by atoms with Crippen molar-refractivity contribution >= 4 is 6.09 Å². The van der Waals surface area contributed by atoms with E-state index in [1.807, 2.05) is 18.3 Å². The fourth-order valence-corrected chi connectivity index (χ4v) is 3.05. The Labute approximate surface area is 145 Å². The Morgan fingerprint density at radius 1 is 1.56 bits per heavy atom. The summed E-state index contributed by atoms with van der Waals surface area (Å²) >= 11 is 0. The lowest BCUT2D eigenvalue weighted by Crippen LogP contribution is -2.22. The summed E-state index contributed by atoms with van der Waals surface area (Å²) in [6.07, 6.45) is 6.36. The van der Waals surface area contributed by atoms with Crippen LogP contribution < -0.4 is 10.1 Å². The first kappa shape index (κ1) is 16.8. The fourth-order valence-electron chi connectivity index (χ4n) is 3.05. The minimum atomic E-state index is -1.02. The van der Waals surface area contributed by atoms with Crippen LogP contribution >= 0.6 is 0 Å². The number of ether oxygens (including phenoxy) is 1. The molecule has 1 saturated carbocycles. The second kappa shape index (κ2) is 6.81. The van der Waals surface area contributed by atoms with Crippen LogP contribution in [0.5, 0.6) is 5.75 Å². The van der Waals surface area contributed by atoms with Crippen molar-refractivity contribution in [2.75, 3.05) is 13.7 Å². The molecule has 2 aromatic heterocycles. The van der Waals surface area contributed by atoms with Crippen LogP contribution in [0.3, 0.4) is 0 Å². The first-order chi connectivity index (χ1) is 12.1. The molecule has 2 atom stereocenters. The maximum Gasteiger partial charge on any atom is 0.404 e. The summed E-state index contributed by atoms with van der Waals surface area (Å²) in [4.78, 5) is 19.2. The molecule has 2 N–H and O–H groups in total. The van der Waals surface area contributed by atoms with Crippen molar-refractivity contribution in [2.24, 2.45) is 5.92 Å². The largest absolute Gasteiger partial charge is 0.495 e. The van der Waals surface area contributed by atoms with Gasteiger partial charge >= 0.3 is 6.09 Å². The molecule has 8 heteroatoms. The van der Waals surface area contributed by atoms with E-state index in [1.165, 1.54) is 0 Å². The van der Waals surface area contributed by atoms with Crippen molar-refractivity contribution in [1.82, 2.24) is 19.9 Å². The van der Waals surface area contributed by atoms with E-state index in [1.54, 1.807) is 24.2 Å². The molecule has 8 nitrogen and oxygen atoms in total. The van der Waals surface area contributed by atoms with Gasteiger partial charge in [-0.15, -0.1) is 0 Å². The van der Waals surface area contributed by atoms with Crippen LogP contribution in [0.1, 0.15) is 25.0 Å². The number of carboxylic acid groups (broad SMARTS) is 1. The Bertz CT molecular complexity index is 795. The Balaban J connectivity index is 1.66. The quantitative estimate of drug-likeness (QED) is 0.746. The number of rotatable bonds is 7. The normalized spacial score (nSPS) is 21.4. The van der Waals surface area contributed by atoms with Crippen LogP contribution in [0.2, 0.25) is 0 Å². The molecule has 1 fully saturated rings. The molecule has 0 spiro atoms. The topological polar surface area (TPSA) is 113 Å². The first-order valence-electron chi connectivity index (χ1n) is 8.02. The van der Waals surface area contributed by atoms with E-state index in [0.717, 1.165) is 18.5 Å². The molecule has 2 aromatic rings. The third-order valence-electron chi connectivity index (χ3n) is 4.57. The third-order valence-corrected chi connectivity index (χ3v) is 4.57. The number of hydrogen-bond acceptors (Lipinski definition) is 5. The standard InChI is InChI=1S/C17H19N5O3/c1-25-13-4-5-15(20-8-13)22-9-14(21-11-22)17(10-18)7-12(17)3-2-6-19-16(23)24/h4-5,8-9,11-12,19H,2-3,6-7H2,1H3,(H,23,24)/t12-,17+/m1/s1. The number of carbonyl (C=O) groups is 1. The highest BCUT2D eigenvalue weighted by Crippen LogP contribution is 2.55. The first-order valence-corrected chi connectivity index (χ1v) is 8.02. The van der Waals surface area contributed by atoms with Crippen LogP contribution in [-0.2, 0) is 5.41 Å². The SMILES string of the molecule is COc1ccc(-n2cnc([C@]3(C#N)C[C@H]3CCCNC(=O)O)c2)nc1. The Hall–Kier alpha value is -3.08. The van der Waals surface area contributed by atoms with E-state index < -0.39 is 11.5 Å². The summed E-state index contributed by atoms with van der Waals surface area (Å²) in [7, 11) is 1.59. The lowest BCUT2D eigenvalue weighted by molar-refractivity contribution is 0.194. The van der Waals surface area contributed by atoms with E-state index in [0.29, 0.717) is 24.5 Å². The molecule has 0 aromatic carbocycles. The summed E-state index contributed by atoms with van der Waals surface area (Å²) in [5.74, 6) is 1.59. The number of amides is 1. The van der Waals surface area contributed by atoms with Gasteiger partial charge in [0.25, 0.3) is 0 Å². The molecule has 130 valence electrons. The summed E-state index contributed by atoms with van der Waals surface area (Å²) in [5, 5.41) is 20.6. The van der Waals surface area contributed by atoms with Crippen LogP contribution in [0.4, 0.5) is 4.79 Å². The molecule has 0 radical (unpaired) electrons. The van der Waals surface area contributed by atoms with Gasteiger partial charge in [0.2, 0.25) is 0 Å². The van der Waals surface area contributed by atoms with E-state index in [4.69, 9.17) is 9.84 Å². The molecular weight excluding hydrogens is 322 g/mol. The Morgan fingerprint density at radius 3 is 3.04 bits per heavy atom. The second-order valence-corrected chi connectivity index (χ2v) is 6.08. The fraction of sp³-hybridized carbons (Fsp3) is 0.412. The monoisotopic (exact) mass is 341 g/mol. The highest BCUT2D eigenvalue weighted by molar-refractivity contribution is 5.64. The highest BCUT2D eigenvalue weighted by Gasteiger charge is 2.57. The smallest absolute Gasteiger partial charge is 0.404 e. The van der Waals surface area contributed by atoms with Crippen molar-refractivity contribution in [3.8, 4) is 17.6 Å². The maximum absolute atomic E-state index is 10.5. The number of pyridine rings is 1. The molecule has 0 unspecified atom stereocenters. The lowest BCUT2D eigenvalue weighted by Gasteiger charge is -2.06. The molecule has 1 aliphatic carbocycles. The zero-order valence-electron chi connectivity index (χ0n) is 13.8.